The Bertz CT molecular complexity index is 862. The second kappa shape index (κ2) is 6.96. The third-order valence-electron chi connectivity index (χ3n) is 3.14. The van der Waals surface area contributed by atoms with Gasteiger partial charge in [0, 0.05) is 18.2 Å². The molecule has 8 heteroatoms. The molecule has 24 heavy (non-hydrogen) atoms. The maximum Gasteiger partial charge on any atom is 0.242 e. The summed E-state index contributed by atoms with van der Waals surface area (Å²) < 4.78 is 27.7. The monoisotopic (exact) mass is 387 g/mol. The van der Waals surface area contributed by atoms with Gasteiger partial charge in [-0.1, -0.05) is 17.7 Å². The Morgan fingerprint density at radius 3 is 2.50 bits per heavy atom. The minimum Gasteiger partial charge on any atom is -0.226 e. The van der Waals surface area contributed by atoms with Gasteiger partial charge in [-0.25, -0.2) is 23.1 Å². The molecular weight excluding hydrogens is 369 g/mol. The third kappa shape index (κ3) is 4.89. The molecule has 2 aromatic rings. The van der Waals surface area contributed by atoms with Crippen LogP contribution in [0.2, 0.25) is 10.3 Å². The van der Waals surface area contributed by atoms with Crippen LogP contribution in [-0.2, 0) is 16.4 Å². The summed E-state index contributed by atoms with van der Waals surface area (Å²) in [6.07, 6.45) is 2.07. The zero-order valence-electron chi connectivity index (χ0n) is 13.9. The highest BCUT2D eigenvalue weighted by Gasteiger charge is 2.24. The molecule has 0 saturated carbocycles. The van der Waals surface area contributed by atoms with Crippen molar-refractivity contribution in [2.75, 3.05) is 0 Å². The van der Waals surface area contributed by atoms with E-state index in [0.29, 0.717) is 6.42 Å². The van der Waals surface area contributed by atoms with Crippen molar-refractivity contribution in [3.05, 3.63) is 51.5 Å². The van der Waals surface area contributed by atoms with E-state index in [2.05, 4.69) is 14.7 Å². The Balaban J connectivity index is 2.40. The molecule has 0 bridgehead atoms. The van der Waals surface area contributed by atoms with Crippen LogP contribution in [0.15, 0.2) is 29.3 Å². The number of halogens is 2. The quantitative estimate of drug-likeness (QED) is 0.810. The van der Waals surface area contributed by atoms with Crippen molar-refractivity contribution < 1.29 is 8.42 Å². The fourth-order valence-corrected chi connectivity index (χ4v) is 4.27. The number of benzene rings is 1. The van der Waals surface area contributed by atoms with Gasteiger partial charge in [0.15, 0.2) is 0 Å². The topological polar surface area (TPSA) is 72.0 Å². The molecule has 130 valence electrons. The van der Waals surface area contributed by atoms with E-state index in [1.807, 2.05) is 6.92 Å². The largest absolute Gasteiger partial charge is 0.242 e. The van der Waals surface area contributed by atoms with E-state index in [1.54, 1.807) is 45.2 Å². The summed E-state index contributed by atoms with van der Waals surface area (Å²) in [5, 5.41) is 0.333. The number of hydrogen-bond acceptors (Lipinski definition) is 4. The van der Waals surface area contributed by atoms with Gasteiger partial charge in [-0.3, -0.25) is 0 Å². The number of hydrogen-bond donors (Lipinski definition) is 1. The summed E-state index contributed by atoms with van der Waals surface area (Å²) >= 11 is 11.9. The molecular formula is C16H19Cl2N3O2S. The van der Waals surface area contributed by atoms with E-state index in [-0.39, 0.29) is 15.2 Å². The summed E-state index contributed by atoms with van der Waals surface area (Å²) in [7, 11) is -3.72. The zero-order valence-corrected chi connectivity index (χ0v) is 16.2. The predicted molar refractivity (Wildman–Crippen MR) is 96.1 cm³/mol. The summed E-state index contributed by atoms with van der Waals surface area (Å²) in [5.74, 6) is 0. The third-order valence-corrected chi connectivity index (χ3v) is 5.57. The molecule has 0 aliphatic heterocycles. The SMILES string of the molecule is Cc1cnc(Cl)nc1Cc1ccc(Cl)c(S(=O)(=O)NC(C)(C)C)c1. The molecule has 5 nitrogen and oxygen atoms in total. The van der Waals surface area contributed by atoms with Gasteiger partial charge in [-0.15, -0.1) is 0 Å². The predicted octanol–water partition coefficient (Wildman–Crippen LogP) is 3.76. The first-order valence-corrected chi connectivity index (χ1v) is 9.52. The fourth-order valence-electron chi connectivity index (χ4n) is 2.15. The van der Waals surface area contributed by atoms with Crippen molar-refractivity contribution in [1.29, 1.82) is 0 Å². The van der Waals surface area contributed by atoms with E-state index >= 15 is 0 Å². The van der Waals surface area contributed by atoms with E-state index < -0.39 is 15.6 Å². The van der Waals surface area contributed by atoms with Crippen LogP contribution in [0.4, 0.5) is 0 Å². The molecule has 0 amide bonds. The average Bonchev–Trinajstić information content (AvgIpc) is 2.42. The van der Waals surface area contributed by atoms with Crippen molar-refractivity contribution in [3.63, 3.8) is 0 Å². The lowest BCUT2D eigenvalue weighted by atomic mass is 10.1. The van der Waals surface area contributed by atoms with Gasteiger partial charge in [-0.05, 0) is 62.6 Å². The molecule has 0 spiro atoms. The Hall–Kier alpha value is -1.21. The van der Waals surface area contributed by atoms with Gasteiger partial charge in [0.25, 0.3) is 0 Å². The summed E-state index contributed by atoms with van der Waals surface area (Å²) in [6, 6.07) is 4.91. The van der Waals surface area contributed by atoms with Crippen molar-refractivity contribution in [2.45, 2.75) is 44.6 Å². The van der Waals surface area contributed by atoms with Crippen LogP contribution in [0.3, 0.4) is 0 Å². The first-order valence-electron chi connectivity index (χ1n) is 7.28. The van der Waals surface area contributed by atoms with Gasteiger partial charge in [0.05, 0.1) is 10.7 Å². The van der Waals surface area contributed by atoms with E-state index in [0.717, 1.165) is 16.8 Å². The molecule has 1 N–H and O–H groups in total. The lowest BCUT2D eigenvalue weighted by Crippen LogP contribution is -2.40. The van der Waals surface area contributed by atoms with Crippen molar-refractivity contribution in [2.24, 2.45) is 0 Å². The minimum atomic E-state index is -3.72. The van der Waals surface area contributed by atoms with Crippen molar-refractivity contribution in [1.82, 2.24) is 14.7 Å². The Kier molecular flexibility index (Phi) is 5.54. The van der Waals surface area contributed by atoms with Crippen LogP contribution in [0.25, 0.3) is 0 Å². The molecule has 0 unspecified atom stereocenters. The van der Waals surface area contributed by atoms with Crippen LogP contribution >= 0.6 is 23.2 Å². The second-order valence-corrected chi connectivity index (χ2v) is 8.96. The normalized spacial score (nSPS) is 12.4. The summed E-state index contributed by atoms with van der Waals surface area (Å²) in [4.78, 5) is 8.17. The molecule has 0 aliphatic rings. The van der Waals surface area contributed by atoms with E-state index in [9.17, 15) is 8.42 Å². The zero-order chi connectivity index (χ0) is 18.1. The average molecular weight is 388 g/mol. The van der Waals surface area contributed by atoms with Gasteiger partial charge < -0.3 is 0 Å². The standard InChI is InChI=1S/C16H19Cl2N3O2S/c1-10-9-19-15(18)20-13(10)7-11-5-6-12(17)14(8-11)24(22,23)21-16(2,3)4/h5-6,8-9,21H,7H2,1-4H3. The smallest absolute Gasteiger partial charge is 0.226 e. The lowest BCUT2D eigenvalue weighted by molar-refractivity contribution is 0.491. The molecule has 1 aromatic heterocycles. The van der Waals surface area contributed by atoms with Crippen LogP contribution in [-0.4, -0.2) is 23.9 Å². The summed E-state index contributed by atoms with van der Waals surface area (Å²) in [5.41, 5.74) is 1.79. The minimum absolute atomic E-state index is 0.0504. The highest BCUT2D eigenvalue weighted by molar-refractivity contribution is 7.89. The van der Waals surface area contributed by atoms with Gasteiger partial charge in [0.1, 0.15) is 4.90 Å². The van der Waals surface area contributed by atoms with E-state index in [1.165, 1.54) is 0 Å². The number of aryl methyl sites for hydroxylation is 1. The molecule has 0 atom stereocenters. The molecule has 1 heterocycles. The van der Waals surface area contributed by atoms with Crippen LogP contribution in [0, 0.1) is 6.92 Å². The molecule has 0 aliphatic carbocycles. The van der Waals surface area contributed by atoms with E-state index in [4.69, 9.17) is 23.2 Å². The second-order valence-electron chi connectivity index (χ2n) is 6.57. The maximum atomic E-state index is 12.6. The molecule has 1 aromatic carbocycles. The number of rotatable bonds is 4. The summed E-state index contributed by atoms with van der Waals surface area (Å²) in [6.45, 7) is 7.19. The first-order chi connectivity index (χ1) is 11.0. The highest BCUT2D eigenvalue weighted by atomic mass is 35.5. The number of aromatic nitrogens is 2. The molecule has 0 radical (unpaired) electrons. The number of nitrogens with zero attached hydrogens (tertiary/aromatic N) is 2. The highest BCUT2D eigenvalue weighted by Crippen LogP contribution is 2.25. The molecule has 0 fully saturated rings. The number of nitrogens with one attached hydrogen (secondary N) is 1. The van der Waals surface area contributed by atoms with Gasteiger partial charge >= 0.3 is 0 Å². The molecule has 0 saturated heterocycles. The van der Waals surface area contributed by atoms with Gasteiger partial charge in [-0.2, -0.15) is 0 Å². The van der Waals surface area contributed by atoms with Crippen molar-refractivity contribution in [3.8, 4) is 0 Å². The first kappa shape index (κ1) is 19.1. The maximum absolute atomic E-state index is 12.6. The Labute approximate surface area is 152 Å². The van der Waals surface area contributed by atoms with Crippen LogP contribution < -0.4 is 4.72 Å². The van der Waals surface area contributed by atoms with Crippen molar-refractivity contribution >= 4 is 33.2 Å². The number of sulfonamides is 1. The van der Waals surface area contributed by atoms with Crippen LogP contribution in [0.5, 0.6) is 0 Å². The van der Waals surface area contributed by atoms with Gasteiger partial charge in [0.2, 0.25) is 15.3 Å². The fraction of sp³-hybridized carbons (Fsp3) is 0.375. The molecule has 2 rings (SSSR count). The lowest BCUT2D eigenvalue weighted by Gasteiger charge is -2.21. The van der Waals surface area contributed by atoms with Crippen LogP contribution in [0.1, 0.15) is 37.6 Å². The Morgan fingerprint density at radius 2 is 1.88 bits per heavy atom. The Morgan fingerprint density at radius 1 is 1.21 bits per heavy atom.